The molecule has 0 radical (unpaired) electrons. The number of nitrogen functional groups attached to an aromatic ring is 1. The fourth-order valence-corrected chi connectivity index (χ4v) is 2.08. The maximum atomic E-state index is 11.0. The molecule has 3 rings (SSSR count). The number of carbonyl (C=O) groups is 1. The topological polar surface area (TPSA) is 105 Å². The smallest absolute Gasteiger partial charge is 0.335 e. The molecule has 0 bridgehead atoms. The number of benzene rings is 1. The van der Waals surface area contributed by atoms with Crippen molar-refractivity contribution in [1.82, 2.24) is 15.2 Å². The second kappa shape index (κ2) is 3.43. The molecule has 0 saturated carbocycles. The predicted molar refractivity (Wildman–Crippen MR) is 67.5 cm³/mol. The van der Waals surface area contributed by atoms with Crippen molar-refractivity contribution >= 4 is 33.6 Å². The predicted octanol–water partition coefficient (Wildman–Crippen LogP) is 1.70. The summed E-state index contributed by atoms with van der Waals surface area (Å²) in [5, 5.41) is 17.4. The summed E-state index contributed by atoms with van der Waals surface area (Å²) in [5.74, 6) is -0.582. The summed E-state index contributed by atoms with van der Waals surface area (Å²) in [7, 11) is 0. The largest absolute Gasteiger partial charge is 0.478 e. The Morgan fingerprint density at radius 2 is 2.22 bits per heavy atom. The van der Waals surface area contributed by atoms with E-state index in [1.807, 2.05) is 6.92 Å². The lowest BCUT2D eigenvalue weighted by Crippen LogP contribution is -1.98. The number of fused-ring (bicyclic) bond motifs is 3. The van der Waals surface area contributed by atoms with Crippen LogP contribution in [0.3, 0.4) is 0 Å². The molecule has 18 heavy (non-hydrogen) atoms. The van der Waals surface area contributed by atoms with Gasteiger partial charge < -0.3 is 10.8 Å². The van der Waals surface area contributed by atoms with Crippen LogP contribution in [0.4, 0.5) is 5.82 Å². The second-order valence-corrected chi connectivity index (χ2v) is 4.11. The summed E-state index contributed by atoms with van der Waals surface area (Å²) < 4.78 is 0. The fourth-order valence-electron chi connectivity index (χ4n) is 2.08. The van der Waals surface area contributed by atoms with E-state index in [-0.39, 0.29) is 5.56 Å². The van der Waals surface area contributed by atoms with Gasteiger partial charge in [0.25, 0.3) is 0 Å². The van der Waals surface area contributed by atoms with Crippen molar-refractivity contribution in [2.24, 2.45) is 0 Å². The highest BCUT2D eigenvalue weighted by atomic mass is 16.4. The van der Waals surface area contributed by atoms with Crippen molar-refractivity contribution in [2.45, 2.75) is 6.92 Å². The first-order valence-corrected chi connectivity index (χ1v) is 5.35. The Labute approximate surface area is 101 Å². The molecule has 3 aromatic rings. The molecule has 0 unspecified atom stereocenters. The summed E-state index contributed by atoms with van der Waals surface area (Å²) >= 11 is 0. The molecular formula is C12H10N4O2. The maximum Gasteiger partial charge on any atom is 0.335 e. The number of carboxylic acid groups (broad SMARTS) is 1. The summed E-state index contributed by atoms with van der Waals surface area (Å²) in [6.07, 6.45) is 0. The van der Waals surface area contributed by atoms with E-state index in [1.54, 1.807) is 12.1 Å². The van der Waals surface area contributed by atoms with Gasteiger partial charge in [-0.25, -0.2) is 9.78 Å². The van der Waals surface area contributed by atoms with Crippen molar-refractivity contribution in [3.63, 3.8) is 0 Å². The normalized spacial score (nSPS) is 11.2. The summed E-state index contributed by atoms with van der Waals surface area (Å²) in [6, 6.07) is 4.70. The Hall–Kier alpha value is -2.63. The Bertz CT molecular complexity index is 791. The van der Waals surface area contributed by atoms with Gasteiger partial charge in [-0.15, -0.1) is 0 Å². The highest BCUT2D eigenvalue weighted by Gasteiger charge is 2.13. The van der Waals surface area contributed by atoms with Crippen LogP contribution in [0.15, 0.2) is 18.2 Å². The monoisotopic (exact) mass is 242 g/mol. The number of nitrogens with one attached hydrogen (secondary N) is 1. The standard InChI is InChI=1S/C12H10N4O2/c1-5-9-10(16-15-5)7-4-6(12(17)18)2-3-8(7)14-11(9)13/h2-4H,1H3,(H2,13,14)(H,15,16)(H,17,18). The molecule has 0 fully saturated rings. The molecule has 1 aromatic carbocycles. The number of pyridine rings is 1. The SMILES string of the molecule is Cc1[nH]nc2c1c(N)nc1ccc(C(=O)O)cc12. The van der Waals surface area contributed by atoms with E-state index in [0.29, 0.717) is 22.2 Å². The highest BCUT2D eigenvalue weighted by Crippen LogP contribution is 2.28. The molecule has 0 amide bonds. The lowest BCUT2D eigenvalue weighted by atomic mass is 10.1. The number of hydrogen-bond acceptors (Lipinski definition) is 4. The summed E-state index contributed by atoms with van der Waals surface area (Å²) in [6.45, 7) is 1.85. The van der Waals surface area contributed by atoms with Crippen molar-refractivity contribution < 1.29 is 9.90 Å². The molecule has 6 heteroatoms. The van der Waals surface area contributed by atoms with Gasteiger partial charge in [0, 0.05) is 11.1 Å². The quantitative estimate of drug-likeness (QED) is 0.602. The van der Waals surface area contributed by atoms with Gasteiger partial charge in [-0.1, -0.05) is 0 Å². The Morgan fingerprint density at radius 1 is 1.44 bits per heavy atom. The van der Waals surface area contributed by atoms with Crippen molar-refractivity contribution in [1.29, 1.82) is 0 Å². The minimum atomic E-state index is -0.978. The Balaban J connectivity index is 2.50. The van der Waals surface area contributed by atoms with Crippen LogP contribution in [0.2, 0.25) is 0 Å². The zero-order valence-electron chi connectivity index (χ0n) is 9.56. The van der Waals surface area contributed by atoms with E-state index in [0.717, 1.165) is 11.1 Å². The molecule has 0 saturated heterocycles. The Morgan fingerprint density at radius 3 is 2.94 bits per heavy atom. The number of anilines is 1. The number of nitrogens with two attached hydrogens (primary N) is 1. The molecule has 2 aromatic heterocycles. The lowest BCUT2D eigenvalue weighted by Gasteiger charge is -2.03. The number of nitrogens with zero attached hydrogens (tertiary/aromatic N) is 2. The van der Waals surface area contributed by atoms with Crippen LogP contribution in [0, 0.1) is 6.92 Å². The van der Waals surface area contributed by atoms with Gasteiger partial charge >= 0.3 is 5.97 Å². The molecule has 0 spiro atoms. The van der Waals surface area contributed by atoms with E-state index in [9.17, 15) is 4.79 Å². The third-order valence-corrected chi connectivity index (χ3v) is 2.94. The third-order valence-electron chi connectivity index (χ3n) is 2.94. The van der Waals surface area contributed by atoms with Gasteiger partial charge in [-0.2, -0.15) is 5.10 Å². The number of aromatic nitrogens is 3. The molecule has 90 valence electrons. The first kappa shape index (κ1) is 10.5. The number of carboxylic acids is 1. The molecule has 0 aliphatic heterocycles. The van der Waals surface area contributed by atoms with Crippen LogP contribution in [0.1, 0.15) is 16.1 Å². The van der Waals surface area contributed by atoms with Gasteiger partial charge in [-0.05, 0) is 25.1 Å². The number of rotatable bonds is 1. The van der Waals surface area contributed by atoms with Gasteiger partial charge in [0.2, 0.25) is 0 Å². The van der Waals surface area contributed by atoms with Crippen LogP contribution in [-0.4, -0.2) is 26.3 Å². The molecule has 0 aliphatic carbocycles. The Kier molecular flexibility index (Phi) is 2.00. The van der Waals surface area contributed by atoms with E-state index in [4.69, 9.17) is 10.8 Å². The van der Waals surface area contributed by atoms with Crippen LogP contribution in [0.25, 0.3) is 21.8 Å². The van der Waals surface area contributed by atoms with E-state index in [2.05, 4.69) is 15.2 Å². The minimum Gasteiger partial charge on any atom is -0.478 e. The van der Waals surface area contributed by atoms with E-state index in [1.165, 1.54) is 6.07 Å². The average molecular weight is 242 g/mol. The molecule has 6 nitrogen and oxygen atoms in total. The zero-order valence-corrected chi connectivity index (χ0v) is 9.56. The third kappa shape index (κ3) is 1.32. The van der Waals surface area contributed by atoms with Crippen LogP contribution in [-0.2, 0) is 0 Å². The van der Waals surface area contributed by atoms with Crippen LogP contribution >= 0.6 is 0 Å². The van der Waals surface area contributed by atoms with E-state index < -0.39 is 5.97 Å². The number of aromatic amines is 1. The molecular weight excluding hydrogens is 232 g/mol. The van der Waals surface area contributed by atoms with Crippen LogP contribution < -0.4 is 5.73 Å². The zero-order chi connectivity index (χ0) is 12.9. The molecule has 2 heterocycles. The first-order valence-electron chi connectivity index (χ1n) is 5.35. The number of H-pyrrole nitrogens is 1. The molecule has 4 N–H and O–H groups in total. The summed E-state index contributed by atoms with van der Waals surface area (Å²) in [4.78, 5) is 15.2. The van der Waals surface area contributed by atoms with Gasteiger partial charge in [0.05, 0.1) is 16.5 Å². The van der Waals surface area contributed by atoms with Gasteiger partial charge in [0.15, 0.2) is 0 Å². The van der Waals surface area contributed by atoms with Crippen molar-refractivity contribution in [3.05, 3.63) is 29.5 Å². The first-order chi connectivity index (χ1) is 8.58. The van der Waals surface area contributed by atoms with E-state index >= 15 is 0 Å². The fraction of sp³-hybridized carbons (Fsp3) is 0.0833. The summed E-state index contributed by atoms with van der Waals surface area (Å²) in [5.41, 5.74) is 8.19. The van der Waals surface area contributed by atoms with Crippen molar-refractivity contribution in [3.8, 4) is 0 Å². The number of aryl methyl sites for hydroxylation is 1. The van der Waals surface area contributed by atoms with Gasteiger partial charge in [0.1, 0.15) is 11.3 Å². The van der Waals surface area contributed by atoms with Crippen LogP contribution in [0.5, 0.6) is 0 Å². The minimum absolute atomic E-state index is 0.205. The lowest BCUT2D eigenvalue weighted by molar-refractivity contribution is 0.0697. The van der Waals surface area contributed by atoms with Gasteiger partial charge in [-0.3, -0.25) is 5.10 Å². The average Bonchev–Trinajstić information content (AvgIpc) is 2.72. The molecule has 0 atom stereocenters. The number of aromatic carboxylic acids is 1. The highest BCUT2D eigenvalue weighted by molar-refractivity contribution is 6.10. The second-order valence-electron chi connectivity index (χ2n) is 4.11. The molecule has 0 aliphatic rings. The van der Waals surface area contributed by atoms with Crippen molar-refractivity contribution in [2.75, 3.05) is 5.73 Å². The number of hydrogen-bond donors (Lipinski definition) is 3. The maximum absolute atomic E-state index is 11.0.